The van der Waals surface area contributed by atoms with E-state index in [1.807, 2.05) is 18.2 Å². The molecule has 0 radical (unpaired) electrons. The summed E-state index contributed by atoms with van der Waals surface area (Å²) in [4.78, 5) is 33.3. The number of ether oxygens (including phenoxy) is 1. The molecule has 1 aliphatic heterocycles. The van der Waals surface area contributed by atoms with Crippen molar-refractivity contribution in [2.75, 3.05) is 20.3 Å². The van der Waals surface area contributed by atoms with E-state index in [0.717, 1.165) is 24.4 Å². The van der Waals surface area contributed by atoms with E-state index in [2.05, 4.69) is 9.59 Å². The van der Waals surface area contributed by atoms with Gasteiger partial charge in [0.2, 0.25) is 0 Å². The number of fused-ring (bicyclic) bond motifs is 1. The Morgan fingerprint density at radius 3 is 2.93 bits per heavy atom. The number of aryl methyl sites for hydroxylation is 1. The van der Waals surface area contributed by atoms with Gasteiger partial charge in [-0.05, 0) is 43.4 Å². The fourth-order valence-corrected chi connectivity index (χ4v) is 4.29. The first-order valence-electron chi connectivity index (χ1n) is 9.20. The van der Waals surface area contributed by atoms with Gasteiger partial charge in [0.25, 0.3) is 11.5 Å². The van der Waals surface area contributed by atoms with Gasteiger partial charge in [-0.2, -0.15) is 0 Å². The van der Waals surface area contributed by atoms with Crippen molar-refractivity contribution in [1.82, 2.24) is 24.0 Å². The van der Waals surface area contributed by atoms with Crippen LogP contribution in [0.25, 0.3) is 10.9 Å². The van der Waals surface area contributed by atoms with Gasteiger partial charge in [-0.1, -0.05) is 16.6 Å². The number of nitrogens with zero attached hydrogens (tertiary/aromatic N) is 5. The maximum Gasteiger partial charge on any atom is 0.268 e. The van der Waals surface area contributed by atoms with E-state index in [1.54, 1.807) is 29.6 Å². The summed E-state index contributed by atoms with van der Waals surface area (Å²) in [5, 5.41) is 4.52. The van der Waals surface area contributed by atoms with Crippen LogP contribution in [0.4, 0.5) is 0 Å². The molecule has 4 rings (SSSR count). The molecule has 1 fully saturated rings. The van der Waals surface area contributed by atoms with Crippen LogP contribution in [-0.2, 0) is 11.3 Å². The van der Waals surface area contributed by atoms with E-state index in [-0.39, 0.29) is 17.5 Å². The molecule has 3 aromatic rings. The Hall–Kier alpha value is -2.65. The van der Waals surface area contributed by atoms with Crippen LogP contribution in [0.2, 0.25) is 0 Å². The number of benzene rings is 1. The maximum atomic E-state index is 13.1. The third kappa shape index (κ3) is 3.20. The third-order valence-electron chi connectivity index (χ3n) is 5.07. The molecule has 0 bridgehead atoms. The van der Waals surface area contributed by atoms with Gasteiger partial charge in [-0.25, -0.2) is 4.98 Å². The van der Waals surface area contributed by atoms with Gasteiger partial charge in [0.15, 0.2) is 0 Å². The molecule has 1 atom stereocenters. The second-order valence-electron chi connectivity index (χ2n) is 6.78. The largest absolute Gasteiger partial charge is 0.383 e. The highest BCUT2D eigenvalue weighted by Crippen LogP contribution is 2.33. The van der Waals surface area contributed by atoms with Crippen LogP contribution in [0.1, 0.15) is 40.1 Å². The molecule has 0 N–H and O–H groups in total. The van der Waals surface area contributed by atoms with Crippen LogP contribution >= 0.6 is 11.5 Å². The van der Waals surface area contributed by atoms with E-state index in [1.165, 1.54) is 0 Å². The number of hydrogen-bond acceptors (Lipinski definition) is 7. The fraction of sp³-hybridized carbons (Fsp3) is 0.421. The van der Waals surface area contributed by atoms with Crippen molar-refractivity contribution in [2.45, 2.75) is 32.4 Å². The molecule has 1 amide bonds. The highest BCUT2D eigenvalue weighted by Gasteiger charge is 2.35. The number of aromatic nitrogens is 4. The summed E-state index contributed by atoms with van der Waals surface area (Å²) >= 11 is 1.10. The quantitative estimate of drug-likeness (QED) is 0.653. The molecule has 1 aliphatic rings. The molecule has 9 heteroatoms. The Balaban J connectivity index is 1.81. The summed E-state index contributed by atoms with van der Waals surface area (Å²) in [6, 6.07) is 7.04. The molecular formula is C19H21N5O3S. The molecule has 146 valence electrons. The van der Waals surface area contributed by atoms with Gasteiger partial charge >= 0.3 is 0 Å². The smallest absolute Gasteiger partial charge is 0.268 e. The van der Waals surface area contributed by atoms with Crippen LogP contribution in [0, 0.1) is 6.92 Å². The predicted octanol–water partition coefficient (Wildman–Crippen LogP) is 2.18. The summed E-state index contributed by atoms with van der Waals surface area (Å²) in [6.07, 6.45) is 1.61. The number of hydrogen-bond donors (Lipinski definition) is 0. The highest BCUT2D eigenvalue weighted by molar-refractivity contribution is 7.07. The van der Waals surface area contributed by atoms with E-state index in [0.29, 0.717) is 47.0 Å². The zero-order valence-electron chi connectivity index (χ0n) is 15.8. The number of likely N-dealkylation sites (tertiary alicyclic amines) is 1. The Morgan fingerprint density at radius 1 is 1.36 bits per heavy atom. The third-order valence-corrected chi connectivity index (χ3v) is 5.88. The number of rotatable bonds is 5. The number of amides is 1. The lowest BCUT2D eigenvalue weighted by atomic mass is 10.1. The van der Waals surface area contributed by atoms with Crippen LogP contribution in [-0.4, -0.2) is 50.2 Å². The van der Waals surface area contributed by atoms with Crippen LogP contribution in [0.5, 0.6) is 0 Å². The topological polar surface area (TPSA) is 90.2 Å². The molecule has 1 aromatic carbocycles. The fourth-order valence-electron chi connectivity index (χ4n) is 3.67. The van der Waals surface area contributed by atoms with Gasteiger partial charge < -0.3 is 9.64 Å². The monoisotopic (exact) mass is 399 g/mol. The Bertz CT molecular complexity index is 1080. The lowest BCUT2D eigenvalue weighted by Crippen LogP contribution is -2.36. The van der Waals surface area contributed by atoms with Crippen molar-refractivity contribution >= 4 is 28.3 Å². The van der Waals surface area contributed by atoms with Crippen molar-refractivity contribution < 1.29 is 9.53 Å². The van der Waals surface area contributed by atoms with Gasteiger partial charge in [-0.3, -0.25) is 14.2 Å². The van der Waals surface area contributed by atoms with Crippen molar-refractivity contribution in [1.29, 1.82) is 0 Å². The first-order chi connectivity index (χ1) is 13.6. The van der Waals surface area contributed by atoms with Crippen molar-refractivity contribution in [3.05, 3.63) is 51.0 Å². The summed E-state index contributed by atoms with van der Waals surface area (Å²) in [6.45, 7) is 3.19. The number of carbonyl (C=O) groups is 1. The summed E-state index contributed by atoms with van der Waals surface area (Å²) < 4.78 is 10.7. The van der Waals surface area contributed by atoms with Crippen LogP contribution in [0.3, 0.4) is 0 Å². The summed E-state index contributed by atoms with van der Waals surface area (Å²) in [5.41, 5.74) is 1.17. The SMILES string of the molecule is COCCn1c(C2CCCN2C(=O)c2snnc2C)nc2ccccc2c1=O. The van der Waals surface area contributed by atoms with Gasteiger partial charge in [0.1, 0.15) is 10.7 Å². The molecule has 1 saturated heterocycles. The van der Waals surface area contributed by atoms with Crippen LogP contribution in [0.15, 0.2) is 29.1 Å². The molecule has 0 spiro atoms. The minimum atomic E-state index is -0.261. The molecule has 0 saturated carbocycles. The van der Waals surface area contributed by atoms with E-state index < -0.39 is 0 Å². The minimum Gasteiger partial charge on any atom is -0.383 e. The maximum absolute atomic E-state index is 13.1. The summed E-state index contributed by atoms with van der Waals surface area (Å²) in [5.74, 6) is 0.512. The molecule has 8 nitrogen and oxygen atoms in total. The van der Waals surface area contributed by atoms with Gasteiger partial charge in [0.05, 0.1) is 35.8 Å². The van der Waals surface area contributed by atoms with Crippen molar-refractivity contribution in [3.63, 3.8) is 0 Å². The standard InChI is InChI=1S/C19H21N5O3S/c1-12-16(28-22-21-12)19(26)23-9-5-8-15(23)17-20-14-7-4-3-6-13(14)18(25)24(17)10-11-27-2/h3-4,6-7,15H,5,8-11H2,1-2H3. The van der Waals surface area contributed by atoms with E-state index in [9.17, 15) is 9.59 Å². The first-order valence-corrected chi connectivity index (χ1v) is 9.97. The van der Waals surface area contributed by atoms with Gasteiger partial charge in [-0.15, -0.1) is 5.10 Å². The van der Waals surface area contributed by atoms with Crippen LogP contribution < -0.4 is 5.56 Å². The molecule has 28 heavy (non-hydrogen) atoms. The zero-order chi connectivity index (χ0) is 19.7. The predicted molar refractivity (Wildman–Crippen MR) is 106 cm³/mol. The lowest BCUT2D eigenvalue weighted by Gasteiger charge is -2.26. The van der Waals surface area contributed by atoms with Crippen molar-refractivity contribution in [2.24, 2.45) is 0 Å². The van der Waals surface area contributed by atoms with E-state index >= 15 is 0 Å². The summed E-state index contributed by atoms with van der Waals surface area (Å²) in [7, 11) is 1.60. The average Bonchev–Trinajstić information content (AvgIpc) is 3.36. The Kier molecular flexibility index (Phi) is 5.19. The Morgan fingerprint density at radius 2 is 2.18 bits per heavy atom. The number of para-hydroxylation sites is 1. The normalized spacial score (nSPS) is 16.8. The first kappa shape index (κ1) is 18.7. The molecule has 3 heterocycles. The zero-order valence-corrected chi connectivity index (χ0v) is 16.6. The Labute approximate surface area is 165 Å². The highest BCUT2D eigenvalue weighted by atomic mass is 32.1. The second-order valence-corrected chi connectivity index (χ2v) is 7.53. The molecule has 2 aromatic heterocycles. The number of methoxy groups -OCH3 is 1. The minimum absolute atomic E-state index is 0.101. The molecule has 1 unspecified atom stereocenters. The molecular weight excluding hydrogens is 378 g/mol. The van der Waals surface area contributed by atoms with Crippen molar-refractivity contribution in [3.8, 4) is 0 Å². The van der Waals surface area contributed by atoms with Gasteiger partial charge in [0, 0.05) is 13.7 Å². The van der Waals surface area contributed by atoms with E-state index in [4.69, 9.17) is 9.72 Å². The average molecular weight is 399 g/mol. The molecule has 0 aliphatic carbocycles. The lowest BCUT2D eigenvalue weighted by molar-refractivity contribution is 0.0729. The second kappa shape index (κ2) is 7.76. The number of carbonyl (C=O) groups excluding carboxylic acids is 1.